The van der Waals surface area contributed by atoms with Crippen molar-refractivity contribution in [1.29, 1.82) is 0 Å². The van der Waals surface area contributed by atoms with Gasteiger partial charge in [-0.15, -0.1) is 0 Å². The fourth-order valence-corrected chi connectivity index (χ4v) is 3.95. The molecule has 3 atom stereocenters. The van der Waals surface area contributed by atoms with Crippen LogP contribution in [0.2, 0.25) is 0 Å². The van der Waals surface area contributed by atoms with Crippen molar-refractivity contribution < 1.29 is 24.0 Å². The summed E-state index contributed by atoms with van der Waals surface area (Å²) in [5, 5.41) is 8.10. The van der Waals surface area contributed by atoms with Gasteiger partial charge in [-0.2, -0.15) is 0 Å². The summed E-state index contributed by atoms with van der Waals surface area (Å²) in [6.45, 7) is 11.0. The van der Waals surface area contributed by atoms with E-state index in [2.05, 4.69) is 16.0 Å². The molecular formula is C23H38N4O5. The van der Waals surface area contributed by atoms with Gasteiger partial charge in [0.25, 0.3) is 0 Å². The summed E-state index contributed by atoms with van der Waals surface area (Å²) in [6.07, 6.45) is 2.88. The second kappa shape index (κ2) is 10.4. The van der Waals surface area contributed by atoms with Gasteiger partial charge in [0.2, 0.25) is 11.8 Å². The predicted molar refractivity (Wildman–Crippen MR) is 120 cm³/mol. The number of hydrogen-bond acceptors (Lipinski definition) is 5. The van der Waals surface area contributed by atoms with Gasteiger partial charge in [0.15, 0.2) is 5.78 Å². The molecule has 3 N–H and O–H groups in total. The third-order valence-corrected chi connectivity index (χ3v) is 5.98. The third kappa shape index (κ3) is 6.77. The molecule has 9 heteroatoms. The van der Waals surface area contributed by atoms with E-state index < -0.39 is 29.6 Å². The minimum atomic E-state index is -0.882. The van der Waals surface area contributed by atoms with Crippen LogP contribution in [0.25, 0.3) is 0 Å². The van der Waals surface area contributed by atoms with E-state index in [9.17, 15) is 24.0 Å². The van der Waals surface area contributed by atoms with Gasteiger partial charge in [-0.3, -0.25) is 19.2 Å². The first kappa shape index (κ1) is 25.8. The minimum Gasteiger partial charge on any atom is -0.347 e. The summed E-state index contributed by atoms with van der Waals surface area (Å²) >= 11 is 0. The molecule has 9 nitrogen and oxygen atoms in total. The van der Waals surface area contributed by atoms with Gasteiger partial charge in [-0.05, 0) is 43.9 Å². The Hall–Kier alpha value is -2.45. The van der Waals surface area contributed by atoms with Crippen LogP contribution in [0.4, 0.5) is 4.79 Å². The quantitative estimate of drug-likeness (QED) is 0.490. The van der Waals surface area contributed by atoms with Crippen molar-refractivity contribution in [2.45, 2.75) is 85.4 Å². The highest BCUT2D eigenvalue weighted by atomic mass is 16.2. The molecule has 2 aliphatic rings. The highest BCUT2D eigenvalue weighted by Gasteiger charge is 2.43. The number of rotatable bonds is 9. The average Bonchev–Trinajstić information content (AvgIpc) is 3.42. The van der Waals surface area contributed by atoms with Crippen LogP contribution in [0.5, 0.6) is 0 Å². The van der Waals surface area contributed by atoms with Crippen molar-refractivity contribution in [3.05, 3.63) is 0 Å². The maximum atomic E-state index is 13.4. The van der Waals surface area contributed by atoms with Crippen LogP contribution < -0.4 is 16.0 Å². The predicted octanol–water partition coefficient (Wildman–Crippen LogP) is 1.40. The molecule has 2 fully saturated rings. The fourth-order valence-electron chi connectivity index (χ4n) is 3.95. The van der Waals surface area contributed by atoms with Gasteiger partial charge in [0, 0.05) is 12.5 Å². The van der Waals surface area contributed by atoms with E-state index in [-0.39, 0.29) is 41.8 Å². The lowest BCUT2D eigenvalue weighted by Gasteiger charge is -2.35. The highest BCUT2D eigenvalue weighted by molar-refractivity contribution is 5.95. The Morgan fingerprint density at radius 3 is 2.12 bits per heavy atom. The molecule has 180 valence electrons. The zero-order valence-electron chi connectivity index (χ0n) is 20.1. The Morgan fingerprint density at radius 2 is 1.62 bits per heavy atom. The number of carbonyl (C=O) groups excluding carboxylic acids is 5. The van der Waals surface area contributed by atoms with Gasteiger partial charge in [-0.1, -0.05) is 34.6 Å². The molecule has 1 saturated heterocycles. The van der Waals surface area contributed by atoms with E-state index in [0.717, 1.165) is 12.8 Å². The van der Waals surface area contributed by atoms with Crippen molar-refractivity contribution in [3.8, 4) is 0 Å². The fraction of sp³-hybridized carbons (Fsp3) is 0.783. The molecule has 1 saturated carbocycles. The Balaban J connectivity index is 2.10. The van der Waals surface area contributed by atoms with E-state index in [1.54, 1.807) is 0 Å². The number of hydrogen-bond donors (Lipinski definition) is 3. The molecule has 0 bridgehead atoms. The van der Waals surface area contributed by atoms with Crippen molar-refractivity contribution in [2.75, 3.05) is 13.1 Å². The van der Waals surface area contributed by atoms with Crippen LogP contribution >= 0.6 is 0 Å². The molecule has 0 aromatic carbocycles. The van der Waals surface area contributed by atoms with Crippen LogP contribution in [0.3, 0.4) is 0 Å². The maximum Gasteiger partial charge on any atom is 0.316 e. The van der Waals surface area contributed by atoms with Crippen molar-refractivity contribution in [2.24, 2.45) is 17.3 Å². The number of Topliss-reactive ketones (excluding diaryl/α,β-unsaturated/α-hetero) is 2. The van der Waals surface area contributed by atoms with Crippen LogP contribution in [0.15, 0.2) is 0 Å². The standard InChI is InChI=1S/C23H38N4O5/c1-13(2)17(18(29)15-9-10-15)25-22(32)26-19(23(4,5)6)21(31)27-11-7-8-16(27)20(30)24-12-14(3)28/h13,15-17,19H,7-12H2,1-6H3,(H,24,30)(H2,25,26,32)/t16-,17?,19?/m0/s1. The summed E-state index contributed by atoms with van der Waals surface area (Å²) in [7, 11) is 0. The van der Waals surface area contributed by atoms with Gasteiger partial charge < -0.3 is 20.9 Å². The Morgan fingerprint density at radius 1 is 1.00 bits per heavy atom. The number of carbonyl (C=O) groups is 5. The molecule has 2 unspecified atom stereocenters. The lowest BCUT2D eigenvalue weighted by atomic mass is 9.85. The number of urea groups is 1. The Kier molecular flexibility index (Phi) is 8.42. The number of ketones is 2. The molecule has 2 rings (SSSR count). The molecule has 4 amide bonds. The second-order valence-corrected chi connectivity index (χ2v) is 10.4. The van der Waals surface area contributed by atoms with E-state index in [1.807, 2.05) is 34.6 Å². The molecule has 0 radical (unpaired) electrons. The summed E-state index contributed by atoms with van der Waals surface area (Å²) < 4.78 is 0. The Bertz CT molecular complexity index is 754. The van der Waals surface area contributed by atoms with Crippen LogP contribution in [-0.2, 0) is 19.2 Å². The number of amides is 4. The summed E-state index contributed by atoms with van der Waals surface area (Å²) in [5.41, 5.74) is -0.620. The topological polar surface area (TPSA) is 125 Å². The SMILES string of the molecule is CC(=O)CNC(=O)[C@@H]1CCCN1C(=O)C(NC(=O)NC(C(=O)C1CC1)C(C)C)C(C)(C)C. The van der Waals surface area contributed by atoms with Gasteiger partial charge in [-0.25, -0.2) is 4.79 Å². The number of nitrogens with one attached hydrogen (secondary N) is 3. The Labute approximate surface area is 190 Å². The first-order chi connectivity index (χ1) is 14.8. The summed E-state index contributed by atoms with van der Waals surface area (Å²) in [5.74, 6) is -0.885. The molecule has 0 aromatic rings. The molecule has 32 heavy (non-hydrogen) atoms. The second-order valence-electron chi connectivity index (χ2n) is 10.4. The molecule has 1 aliphatic heterocycles. The van der Waals surface area contributed by atoms with Crippen LogP contribution in [-0.4, -0.2) is 65.5 Å². The summed E-state index contributed by atoms with van der Waals surface area (Å²) in [6, 6.07) is -2.72. The van der Waals surface area contributed by atoms with E-state index >= 15 is 0 Å². The summed E-state index contributed by atoms with van der Waals surface area (Å²) in [4.78, 5) is 64.0. The first-order valence-corrected chi connectivity index (χ1v) is 11.5. The molecule has 0 spiro atoms. The number of nitrogens with zero attached hydrogens (tertiary/aromatic N) is 1. The van der Waals surface area contributed by atoms with E-state index in [1.165, 1.54) is 11.8 Å². The zero-order chi connectivity index (χ0) is 24.2. The highest BCUT2D eigenvalue weighted by Crippen LogP contribution is 2.32. The smallest absolute Gasteiger partial charge is 0.316 e. The minimum absolute atomic E-state index is 0.0154. The van der Waals surface area contributed by atoms with Crippen molar-refractivity contribution in [1.82, 2.24) is 20.9 Å². The molecule has 1 heterocycles. The normalized spacial score (nSPS) is 20.5. The van der Waals surface area contributed by atoms with Gasteiger partial charge >= 0.3 is 6.03 Å². The van der Waals surface area contributed by atoms with E-state index in [4.69, 9.17) is 0 Å². The van der Waals surface area contributed by atoms with E-state index in [0.29, 0.717) is 19.4 Å². The average molecular weight is 451 g/mol. The van der Waals surface area contributed by atoms with Crippen molar-refractivity contribution >= 4 is 29.4 Å². The zero-order valence-corrected chi connectivity index (χ0v) is 20.1. The lowest BCUT2D eigenvalue weighted by Crippen LogP contribution is -2.60. The number of likely N-dealkylation sites (tertiary alicyclic amines) is 1. The first-order valence-electron chi connectivity index (χ1n) is 11.5. The largest absolute Gasteiger partial charge is 0.347 e. The maximum absolute atomic E-state index is 13.4. The monoisotopic (exact) mass is 450 g/mol. The van der Waals surface area contributed by atoms with Gasteiger partial charge in [0.05, 0.1) is 12.6 Å². The molecular weight excluding hydrogens is 412 g/mol. The lowest BCUT2D eigenvalue weighted by molar-refractivity contribution is -0.141. The van der Waals surface area contributed by atoms with Gasteiger partial charge in [0.1, 0.15) is 17.9 Å². The molecule has 0 aromatic heterocycles. The van der Waals surface area contributed by atoms with Crippen LogP contribution in [0.1, 0.15) is 67.2 Å². The third-order valence-electron chi connectivity index (χ3n) is 5.98. The van der Waals surface area contributed by atoms with Crippen molar-refractivity contribution in [3.63, 3.8) is 0 Å². The molecule has 1 aliphatic carbocycles. The van der Waals surface area contributed by atoms with Crippen LogP contribution in [0, 0.1) is 17.3 Å².